The summed E-state index contributed by atoms with van der Waals surface area (Å²) in [4.78, 5) is 30.7. The molecule has 1 fully saturated rings. The van der Waals surface area contributed by atoms with Crippen molar-refractivity contribution < 1.29 is 19.5 Å². The molecule has 3 aromatic rings. The lowest BCUT2D eigenvalue weighted by Gasteiger charge is -2.25. The number of oxime groups is 1. The molecule has 168 valence electrons. The second-order valence-electron chi connectivity index (χ2n) is 7.64. The topological polar surface area (TPSA) is 104 Å². The highest BCUT2D eigenvalue weighted by atomic mass is 16.6. The first-order valence-electron chi connectivity index (χ1n) is 10.7. The summed E-state index contributed by atoms with van der Waals surface area (Å²) in [6.45, 7) is 0.694. The Morgan fingerprint density at radius 3 is 2.42 bits per heavy atom. The predicted octanol–water partition coefficient (Wildman–Crippen LogP) is 4.31. The van der Waals surface area contributed by atoms with Gasteiger partial charge in [-0.1, -0.05) is 47.6 Å². The number of likely N-dealkylation sites (tertiary alicyclic amines) is 1. The van der Waals surface area contributed by atoms with Crippen molar-refractivity contribution in [2.45, 2.75) is 25.5 Å². The Hall–Kier alpha value is -4.20. The smallest absolute Gasteiger partial charge is 0.410 e. The lowest BCUT2D eigenvalue weighted by Crippen LogP contribution is -2.41. The largest absolute Gasteiger partial charge is 0.445 e. The highest BCUT2D eigenvalue weighted by Gasteiger charge is 2.34. The molecule has 2 aromatic carbocycles. The number of aromatic nitrogens is 1. The van der Waals surface area contributed by atoms with Gasteiger partial charge in [0.15, 0.2) is 0 Å². The summed E-state index contributed by atoms with van der Waals surface area (Å²) < 4.78 is 5.47. The number of amides is 2. The fourth-order valence-corrected chi connectivity index (χ4v) is 3.82. The summed E-state index contributed by atoms with van der Waals surface area (Å²) in [6, 6.07) is 19.2. The minimum absolute atomic E-state index is 0.176. The van der Waals surface area contributed by atoms with E-state index in [2.05, 4.69) is 15.5 Å². The van der Waals surface area contributed by atoms with Gasteiger partial charge in [-0.15, -0.1) is 0 Å². The first-order valence-corrected chi connectivity index (χ1v) is 10.7. The van der Waals surface area contributed by atoms with Crippen molar-refractivity contribution in [1.82, 2.24) is 9.88 Å². The predicted molar refractivity (Wildman–Crippen MR) is 123 cm³/mol. The number of anilines is 1. The zero-order valence-electron chi connectivity index (χ0n) is 17.9. The molecule has 0 spiro atoms. The SMILES string of the molecule is O=C(Nc1ccncc1)c1ccc(C(=NO)C2CCCN2C(=O)OCc2ccccc2)cc1. The molecule has 8 nitrogen and oxygen atoms in total. The number of nitrogens with zero attached hydrogens (tertiary/aromatic N) is 3. The third-order valence-corrected chi connectivity index (χ3v) is 5.50. The van der Waals surface area contributed by atoms with Gasteiger partial charge in [0.1, 0.15) is 12.3 Å². The molecule has 1 saturated heterocycles. The Morgan fingerprint density at radius 1 is 1.03 bits per heavy atom. The Balaban J connectivity index is 1.42. The molecule has 1 aromatic heterocycles. The van der Waals surface area contributed by atoms with Gasteiger partial charge < -0.3 is 15.3 Å². The van der Waals surface area contributed by atoms with E-state index in [0.717, 1.165) is 12.0 Å². The average molecular weight is 444 g/mol. The summed E-state index contributed by atoms with van der Waals surface area (Å²) in [5.74, 6) is -0.262. The van der Waals surface area contributed by atoms with Crippen LogP contribution in [-0.2, 0) is 11.3 Å². The van der Waals surface area contributed by atoms with E-state index >= 15 is 0 Å². The Kier molecular flexibility index (Phi) is 6.94. The number of carbonyl (C=O) groups is 2. The Morgan fingerprint density at radius 2 is 1.73 bits per heavy atom. The van der Waals surface area contributed by atoms with Crippen molar-refractivity contribution in [1.29, 1.82) is 0 Å². The van der Waals surface area contributed by atoms with Crippen molar-refractivity contribution in [3.05, 3.63) is 95.8 Å². The van der Waals surface area contributed by atoms with Crippen LogP contribution in [-0.4, -0.2) is 45.4 Å². The van der Waals surface area contributed by atoms with E-state index in [-0.39, 0.29) is 12.5 Å². The number of benzene rings is 2. The van der Waals surface area contributed by atoms with Gasteiger partial charge in [-0.3, -0.25) is 14.7 Å². The maximum Gasteiger partial charge on any atom is 0.410 e. The van der Waals surface area contributed by atoms with Crippen LogP contribution in [0.4, 0.5) is 10.5 Å². The van der Waals surface area contributed by atoms with E-state index in [1.807, 2.05) is 30.3 Å². The summed E-state index contributed by atoms with van der Waals surface area (Å²) in [7, 11) is 0. The van der Waals surface area contributed by atoms with E-state index in [9.17, 15) is 14.8 Å². The minimum atomic E-state index is -0.448. The molecular formula is C25H24N4O4. The van der Waals surface area contributed by atoms with Crippen LogP contribution < -0.4 is 5.32 Å². The van der Waals surface area contributed by atoms with Crippen molar-refractivity contribution in [2.75, 3.05) is 11.9 Å². The van der Waals surface area contributed by atoms with Crippen molar-refractivity contribution in [2.24, 2.45) is 5.16 Å². The molecule has 33 heavy (non-hydrogen) atoms. The summed E-state index contributed by atoms with van der Waals surface area (Å²) in [5.41, 5.74) is 3.00. The van der Waals surface area contributed by atoms with Crippen LogP contribution in [0, 0.1) is 0 Å². The second-order valence-corrected chi connectivity index (χ2v) is 7.64. The van der Waals surface area contributed by atoms with E-state index in [0.29, 0.717) is 35.5 Å². The average Bonchev–Trinajstić information content (AvgIpc) is 3.34. The van der Waals surface area contributed by atoms with Crippen molar-refractivity contribution in [3.8, 4) is 0 Å². The molecule has 4 rings (SSSR count). The number of pyridine rings is 1. The van der Waals surface area contributed by atoms with Gasteiger partial charge in [-0.2, -0.15) is 0 Å². The highest BCUT2D eigenvalue weighted by molar-refractivity contribution is 6.07. The molecule has 2 N–H and O–H groups in total. The van der Waals surface area contributed by atoms with Crippen LogP contribution >= 0.6 is 0 Å². The van der Waals surface area contributed by atoms with Gasteiger partial charge in [0.2, 0.25) is 0 Å². The monoisotopic (exact) mass is 444 g/mol. The molecule has 8 heteroatoms. The molecule has 1 aliphatic heterocycles. The third kappa shape index (κ3) is 5.35. The molecule has 2 amide bonds. The lowest BCUT2D eigenvalue weighted by atomic mass is 10.00. The number of nitrogens with one attached hydrogen (secondary N) is 1. The van der Waals surface area contributed by atoms with Gasteiger partial charge in [0.25, 0.3) is 5.91 Å². The molecule has 0 aliphatic carbocycles. The Labute approximate surface area is 191 Å². The summed E-state index contributed by atoms with van der Waals surface area (Å²) in [5, 5.41) is 16.0. The number of hydrogen-bond acceptors (Lipinski definition) is 6. The van der Waals surface area contributed by atoms with E-state index in [4.69, 9.17) is 4.74 Å². The zero-order chi connectivity index (χ0) is 23.0. The van der Waals surface area contributed by atoms with Gasteiger partial charge in [0.05, 0.1) is 6.04 Å². The van der Waals surface area contributed by atoms with Crippen molar-refractivity contribution >= 4 is 23.4 Å². The maximum absolute atomic E-state index is 12.7. The highest BCUT2D eigenvalue weighted by Crippen LogP contribution is 2.24. The fraction of sp³-hybridized carbons (Fsp3) is 0.200. The molecule has 0 radical (unpaired) electrons. The molecule has 1 atom stereocenters. The van der Waals surface area contributed by atoms with Gasteiger partial charge >= 0.3 is 6.09 Å². The summed E-state index contributed by atoms with van der Waals surface area (Å²) in [6.07, 6.45) is 4.18. The van der Waals surface area contributed by atoms with Gasteiger partial charge in [-0.25, -0.2) is 4.79 Å². The second kappa shape index (κ2) is 10.4. The molecule has 1 aliphatic rings. The molecule has 1 unspecified atom stereocenters. The third-order valence-electron chi connectivity index (χ3n) is 5.50. The quantitative estimate of drug-likeness (QED) is 0.335. The van der Waals surface area contributed by atoms with Crippen LogP contribution in [0.25, 0.3) is 0 Å². The van der Waals surface area contributed by atoms with Crippen LogP contribution in [0.1, 0.15) is 34.3 Å². The van der Waals surface area contributed by atoms with Crippen LogP contribution in [0.5, 0.6) is 0 Å². The maximum atomic E-state index is 12.7. The van der Waals surface area contributed by atoms with E-state index in [1.165, 1.54) is 0 Å². The number of hydrogen-bond donors (Lipinski definition) is 2. The van der Waals surface area contributed by atoms with E-state index in [1.54, 1.807) is 53.7 Å². The molecule has 0 saturated carbocycles. The van der Waals surface area contributed by atoms with Gasteiger partial charge in [-0.05, 0) is 42.7 Å². The zero-order valence-corrected chi connectivity index (χ0v) is 17.9. The normalized spacial score (nSPS) is 15.8. The minimum Gasteiger partial charge on any atom is -0.445 e. The Bertz CT molecular complexity index is 1120. The van der Waals surface area contributed by atoms with Crippen LogP contribution in [0.2, 0.25) is 0 Å². The van der Waals surface area contributed by atoms with Gasteiger partial charge in [0, 0.05) is 35.8 Å². The number of ether oxygens (including phenoxy) is 1. The first kappa shape index (κ1) is 22.0. The lowest BCUT2D eigenvalue weighted by molar-refractivity contribution is 0.0988. The standard InChI is InChI=1S/C25H24N4O4/c30-24(27-21-12-14-26-15-13-21)20-10-8-19(9-11-20)23(28-32)22-7-4-16-29(22)25(31)33-17-18-5-2-1-3-6-18/h1-3,5-6,8-15,22,32H,4,7,16-17H2,(H,26,27,30). The van der Waals surface area contributed by atoms with Crippen LogP contribution in [0.3, 0.4) is 0 Å². The summed E-state index contributed by atoms with van der Waals surface area (Å²) >= 11 is 0. The van der Waals surface area contributed by atoms with Crippen LogP contribution in [0.15, 0.2) is 84.3 Å². The molecular weight excluding hydrogens is 420 g/mol. The first-order chi connectivity index (χ1) is 16.2. The number of carbonyl (C=O) groups excluding carboxylic acids is 2. The molecule has 0 bridgehead atoms. The fourth-order valence-electron chi connectivity index (χ4n) is 3.82. The van der Waals surface area contributed by atoms with Crippen molar-refractivity contribution in [3.63, 3.8) is 0 Å². The number of rotatable bonds is 6. The van der Waals surface area contributed by atoms with E-state index < -0.39 is 12.1 Å². The molecule has 2 heterocycles.